The Kier molecular flexibility index (Phi) is 5.42. The number of sulfone groups is 1. The molecule has 5 rings (SSSR count). The maximum atomic E-state index is 13.5. The van der Waals surface area contributed by atoms with Gasteiger partial charge in [-0.3, -0.25) is 14.6 Å². The third kappa shape index (κ3) is 4.18. The van der Waals surface area contributed by atoms with Gasteiger partial charge in [-0.25, -0.2) is 8.42 Å². The zero-order valence-electron chi connectivity index (χ0n) is 17.5. The number of aromatic nitrogens is 1. The van der Waals surface area contributed by atoms with E-state index in [1.165, 1.54) is 0 Å². The molecule has 31 heavy (non-hydrogen) atoms. The fourth-order valence-electron chi connectivity index (χ4n) is 4.89. The van der Waals surface area contributed by atoms with E-state index in [1.54, 1.807) is 0 Å². The van der Waals surface area contributed by atoms with Crippen molar-refractivity contribution in [2.45, 2.75) is 12.5 Å². The fraction of sp³-hybridized carbons (Fsp3) is 0.375. The highest BCUT2D eigenvalue weighted by Gasteiger charge is 2.34. The molecule has 2 aromatic carbocycles. The molecule has 0 aliphatic carbocycles. The van der Waals surface area contributed by atoms with Crippen molar-refractivity contribution in [2.24, 2.45) is 0 Å². The van der Waals surface area contributed by atoms with Crippen LogP contribution in [0.3, 0.4) is 0 Å². The summed E-state index contributed by atoms with van der Waals surface area (Å²) in [6.07, 6.45) is 0.733. The molecule has 1 aromatic heterocycles. The van der Waals surface area contributed by atoms with E-state index in [9.17, 15) is 13.2 Å². The zero-order valence-corrected chi connectivity index (χ0v) is 18.3. The third-order valence-electron chi connectivity index (χ3n) is 6.55. The molecule has 3 heterocycles. The van der Waals surface area contributed by atoms with Crippen LogP contribution >= 0.6 is 0 Å². The molecule has 2 fully saturated rings. The van der Waals surface area contributed by atoms with Crippen LogP contribution in [0.25, 0.3) is 22.2 Å². The molecule has 162 valence electrons. The Morgan fingerprint density at radius 2 is 1.68 bits per heavy atom. The maximum absolute atomic E-state index is 13.5. The summed E-state index contributed by atoms with van der Waals surface area (Å²) in [4.78, 5) is 21.4. The SMILES string of the molecule is O=C(CN1CCN([C@@H]2CCS(=O)(=O)C2)CC1)c1c(-c2ccccc2)[nH]c2ccccc12. The van der Waals surface area contributed by atoms with E-state index in [-0.39, 0.29) is 17.6 Å². The minimum atomic E-state index is -2.87. The number of para-hydroxylation sites is 1. The van der Waals surface area contributed by atoms with Crippen LogP contribution in [-0.4, -0.2) is 79.3 Å². The summed E-state index contributed by atoms with van der Waals surface area (Å²) in [5.41, 5.74) is 3.61. The molecule has 0 amide bonds. The third-order valence-corrected chi connectivity index (χ3v) is 8.30. The number of aromatic amines is 1. The van der Waals surface area contributed by atoms with Crippen LogP contribution in [0.15, 0.2) is 54.6 Å². The van der Waals surface area contributed by atoms with Gasteiger partial charge >= 0.3 is 0 Å². The molecular weight excluding hydrogens is 410 g/mol. The van der Waals surface area contributed by atoms with Gasteiger partial charge in [0.1, 0.15) is 0 Å². The van der Waals surface area contributed by atoms with Crippen LogP contribution in [0, 0.1) is 0 Å². The van der Waals surface area contributed by atoms with Crippen LogP contribution in [0.2, 0.25) is 0 Å². The first kappa shape index (κ1) is 20.4. The number of nitrogens with one attached hydrogen (secondary N) is 1. The second kappa shape index (κ2) is 8.22. The molecule has 7 heteroatoms. The van der Waals surface area contributed by atoms with Gasteiger partial charge in [0.05, 0.1) is 29.3 Å². The summed E-state index contributed by atoms with van der Waals surface area (Å²) in [5.74, 6) is 0.703. The lowest BCUT2D eigenvalue weighted by Crippen LogP contribution is -2.51. The van der Waals surface area contributed by atoms with Crippen molar-refractivity contribution in [3.63, 3.8) is 0 Å². The number of carbonyl (C=O) groups excluding carboxylic acids is 1. The predicted molar refractivity (Wildman–Crippen MR) is 123 cm³/mol. The first-order chi connectivity index (χ1) is 15.0. The Labute approximate surface area is 182 Å². The first-order valence-electron chi connectivity index (χ1n) is 10.9. The first-order valence-corrected chi connectivity index (χ1v) is 12.7. The van der Waals surface area contributed by atoms with E-state index in [0.717, 1.165) is 60.3 Å². The van der Waals surface area contributed by atoms with E-state index < -0.39 is 9.84 Å². The topological polar surface area (TPSA) is 73.5 Å². The number of hydrogen-bond donors (Lipinski definition) is 1. The standard InChI is InChI=1S/C24H27N3O3S/c28-22(16-26-11-13-27(14-12-26)19-10-15-31(29,30)17-19)23-20-8-4-5-9-21(20)25-24(23)18-6-2-1-3-7-18/h1-9,19,25H,10-17H2/t19-/m1/s1. The van der Waals surface area contributed by atoms with Crippen molar-refractivity contribution < 1.29 is 13.2 Å². The van der Waals surface area contributed by atoms with E-state index >= 15 is 0 Å². The lowest BCUT2D eigenvalue weighted by molar-refractivity contribution is 0.0798. The summed E-state index contributed by atoms with van der Waals surface area (Å²) in [6, 6.07) is 18.1. The van der Waals surface area contributed by atoms with Crippen LogP contribution in [0.4, 0.5) is 0 Å². The Hall–Kier alpha value is -2.48. The highest BCUT2D eigenvalue weighted by Crippen LogP contribution is 2.31. The molecule has 6 nitrogen and oxygen atoms in total. The molecule has 0 spiro atoms. The quantitative estimate of drug-likeness (QED) is 0.622. The predicted octanol–water partition coefficient (Wildman–Crippen LogP) is 2.82. The van der Waals surface area contributed by atoms with Crippen molar-refractivity contribution in [1.29, 1.82) is 0 Å². The van der Waals surface area contributed by atoms with Gasteiger partial charge in [-0.1, -0.05) is 48.5 Å². The second-order valence-electron chi connectivity index (χ2n) is 8.58. The number of H-pyrrole nitrogens is 1. The van der Waals surface area contributed by atoms with Crippen molar-refractivity contribution >= 4 is 26.5 Å². The molecule has 2 aliphatic heterocycles. The normalized spacial score (nSPS) is 22.1. The summed E-state index contributed by atoms with van der Waals surface area (Å²) in [7, 11) is -2.87. The fourth-order valence-corrected chi connectivity index (χ4v) is 6.65. The lowest BCUT2D eigenvalue weighted by atomic mass is 10.0. The van der Waals surface area contributed by atoms with Gasteiger partial charge in [0.25, 0.3) is 0 Å². The Balaban J connectivity index is 1.32. The molecule has 0 saturated carbocycles. The summed E-state index contributed by atoms with van der Waals surface area (Å²) >= 11 is 0. The Morgan fingerprint density at radius 1 is 0.968 bits per heavy atom. The van der Waals surface area contributed by atoms with Crippen LogP contribution < -0.4 is 0 Å². The zero-order chi connectivity index (χ0) is 21.4. The van der Waals surface area contributed by atoms with Crippen LogP contribution in [-0.2, 0) is 9.84 Å². The van der Waals surface area contributed by atoms with Gasteiger partial charge in [-0.15, -0.1) is 0 Å². The van der Waals surface area contributed by atoms with Crippen molar-refractivity contribution in [1.82, 2.24) is 14.8 Å². The minimum Gasteiger partial charge on any atom is -0.354 e. The number of Topliss-reactive ketones (excluding diaryl/α,β-unsaturated/α-hetero) is 1. The number of carbonyl (C=O) groups is 1. The van der Waals surface area contributed by atoms with Crippen LogP contribution in [0.1, 0.15) is 16.8 Å². The largest absolute Gasteiger partial charge is 0.354 e. The maximum Gasteiger partial charge on any atom is 0.179 e. The average molecular weight is 438 g/mol. The van der Waals surface area contributed by atoms with Gasteiger partial charge in [-0.2, -0.15) is 0 Å². The number of fused-ring (bicyclic) bond motifs is 1. The van der Waals surface area contributed by atoms with Crippen LogP contribution in [0.5, 0.6) is 0 Å². The molecular formula is C24H27N3O3S. The van der Waals surface area contributed by atoms with Crippen molar-refractivity contribution in [3.05, 3.63) is 60.2 Å². The lowest BCUT2D eigenvalue weighted by Gasteiger charge is -2.37. The van der Waals surface area contributed by atoms with E-state index in [1.807, 2.05) is 54.6 Å². The van der Waals surface area contributed by atoms with E-state index in [2.05, 4.69) is 14.8 Å². The second-order valence-corrected chi connectivity index (χ2v) is 10.8. The Morgan fingerprint density at radius 3 is 2.39 bits per heavy atom. The molecule has 2 aliphatic rings. The molecule has 0 bridgehead atoms. The summed E-state index contributed by atoms with van der Waals surface area (Å²) < 4.78 is 23.6. The smallest absolute Gasteiger partial charge is 0.179 e. The highest BCUT2D eigenvalue weighted by molar-refractivity contribution is 7.91. The molecule has 1 atom stereocenters. The number of hydrogen-bond acceptors (Lipinski definition) is 5. The number of ketones is 1. The van der Waals surface area contributed by atoms with Crippen molar-refractivity contribution in [2.75, 3.05) is 44.2 Å². The van der Waals surface area contributed by atoms with Gasteiger partial charge in [-0.05, 0) is 18.1 Å². The summed E-state index contributed by atoms with van der Waals surface area (Å²) in [6.45, 7) is 3.56. The molecule has 0 radical (unpaired) electrons. The minimum absolute atomic E-state index is 0.119. The molecule has 2 saturated heterocycles. The van der Waals surface area contributed by atoms with Gasteiger partial charge in [0.15, 0.2) is 15.6 Å². The molecule has 3 aromatic rings. The van der Waals surface area contributed by atoms with Gasteiger partial charge < -0.3 is 4.98 Å². The van der Waals surface area contributed by atoms with Gasteiger partial charge in [0, 0.05) is 43.1 Å². The van der Waals surface area contributed by atoms with Gasteiger partial charge in [0.2, 0.25) is 0 Å². The number of rotatable bonds is 5. The Bertz CT molecular complexity index is 1200. The highest BCUT2D eigenvalue weighted by atomic mass is 32.2. The monoisotopic (exact) mass is 437 g/mol. The number of benzene rings is 2. The molecule has 1 N–H and O–H groups in total. The summed E-state index contributed by atoms with van der Waals surface area (Å²) in [5, 5.41) is 0.959. The van der Waals surface area contributed by atoms with E-state index in [4.69, 9.17) is 0 Å². The van der Waals surface area contributed by atoms with E-state index in [0.29, 0.717) is 12.3 Å². The molecule has 0 unspecified atom stereocenters. The average Bonchev–Trinajstić information content (AvgIpc) is 3.35. The van der Waals surface area contributed by atoms with Crippen molar-refractivity contribution in [3.8, 4) is 11.3 Å². The number of nitrogens with zero attached hydrogens (tertiary/aromatic N) is 2. The number of piperazine rings is 1.